The number of anilines is 2. The highest BCUT2D eigenvalue weighted by molar-refractivity contribution is 5.39. The van der Waals surface area contributed by atoms with Gasteiger partial charge in [0, 0.05) is 25.9 Å². The lowest BCUT2D eigenvalue weighted by Crippen LogP contribution is -2.13. The van der Waals surface area contributed by atoms with Crippen LogP contribution in [0.15, 0.2) is 12.3 Å². The van der Waals surface area contributed by atoms with Crippen LogP contribution in [0, 0.1) is 5.92 Å². The molecule has 0 saturated heterocycles. The molecule has 0 aliphatic carbocycles. The average Bonchev–Trinajstić information content (AvgIpc) is 2.29. The van der Waals surface area contributed by atoms with Gasteiger partial charge in [-0.3, -0.25) is 0 Å². The molecule has 1 aromatic heterocycles. The van der Waals surface area contributed by atoms with Crippen molar-refractivity contribution in [1.82, 2.24) is 9.97 Å². The van der Waals surface area contributed by atoms with Gasteiger partial charge in [-0.15, -0.1) is 0 Å². The SMILES string of the molecule is CCNc1nccc(NCCOCC(C)C)n1. The highest BCUT2D eigenvalue weighted by Crippen LogP contribution is 2.04. The first-order valence-electron chi connectivity index (χ1n) is 6.11. The lowest BCUT2D eigenvalue weighted by Gasteiger charge is -2.09. The number of aromatic nitrogens is 2. The van der Waals surface area contributed by atoms with Gasteiger partial charge in [-0.25, -0.2) is 4.98 Å². The molecule has 17 heavy (non-hydrogen) atoms. The van der Waals surface area contributed by atoms with E-state index in [1.54, 1.807) is 6.20 Å². The number of ether oxygens (including phenoxy) is 1. The maximum Gasteiger partial charge on any atom is 0.224 e. The molecule has 0 saturated carbocycles. The number of nitrogens with one attached hydrogen (secondary N) is 2. The Morgan fingerprint density at radius 2 is 2.18 bits per heavy atom. The zero-order valence-electron chi connectivity index (χ0n) is 10.9. The Bertz CT molecular complexity index is 317. The standard InChI is InChI=1S/C12H22N4O/c1-4-13-12-15-6-5-11(16-12)14-7-8-17-9-10(2)3/h5-6,10H,4,7-9H2,1-3H3,(H2,13,14,15,16). The number of rotatable bonds is 8. The van der Waals surface area contributed by atoms with E-state index in [2.05, 4.69) is 34.4 Å². The van der Waals surface area contributed by atoms with Gasteiger partial charge in [-0.05, 0) is 18.9 Å². The monoisotopic (exact) mass is 238 g/mol. The Labute approximate surface area is 103 Å². The third-order valence-corrected chi connectivity index (χ3v) is 1.99. The van der Waals surface area contributed by atoms with Gasteiger partial charge < -0.3 is 15.4 Å². The van der Waals surface area contributed by atoms with E-state index in [1.165, 1.54) is 0 Å². The molecule has 0 spiro atoms. The van der Waals surface area contributed by atoms with Gasteiger partial charge in [0.25, 0.3) is 0 Å². The van der Waals surface area contributed by atoms with Crippen molar-refractivity contribution in [2.75, 3.05) is 36.9 Å². The summed E-state index contributed by atoms with van der Waals surface area (Å²) in [5.41, 5.74) is 0. The van der Waals surface area contributed by atoms with Crippen LogP contribution in [0.4, 0.5) is 11.8 Å². The van der Waals surface area contributed by atoms with Crippen LogP contribution in [0.5, 0.6) is 0 Å². The van der Waals surface area contributed by atoms with Crippen LogP contribution >= 0.6 is 0 Å². The van der Waals surface area contributed by atoms with Crippen molar-refractivity contribution >= 4 is 11.8 Å². The van der Waals surface area contributed by atoms with Gasteiger partial charge in [0.15, 0.2) is 0 Å². The average molecular weight is 238 g/mol. The minimum atomic E-state index is 0.578. The molecule has 96 valence electrons. The first kappa shape index (κ1) is 13.7. The zero-order chi connectivity index (χ0) is 12.5. The normalized spacial score (nSPS) is 10.6. The van der Waals surface area contributed by atoms with E-state index in [4.69, 9.17) is 4.74 Å². The van der Waals surface area contributed by atoms with Crippen molar-refractivity contribution in [3.05, 3.63) is 12.3 Å². The summed E-state index contributed by atoms with van der Waals surface area (Å²) in [6.45, 7) is 9.37. The van der Waals surface area contributed by atoms with Gasteiger partial charge in [-0.2, -0.15) is 4.98 Å². The molecular weight excluding hydrogens is 216 g/mol. The molecular formula is C12H22N4O. The van der Waals surface area contributed by atoms with E-state index in [1.807, 2.05) is 13.0 Å². The molecule has 1 rings (SSSR count). The molecule has 1 aromatic rings. The maximum atomic E-state index is 5.47. The molecule has 0 amide bonds. The predicted molar refractivity (Wildman–Crippen MR) is 70.3 cm³/mol. The molecule has 0 unspecified atom stereocenters. The lowest BCUT2D eigenvalue weighted by atomic mass is 10.2. The molecule has 0 radical (unpaired) electrons. The van der Waals surface area contributed by atoms with Crippen molar-refractivity contribution in [2.45, 2.75) is 20.8 Å². The highest BCUT2D eigenvalue weighted by atomic mass is 16.5. The van der Waals surface area contributed by atoms with Crippen LogP contribution in [0.25, 0.3) is 0 Å². The van der Waals surface area contributed by atoms with E-state index >= 15 is 0 Å². The first-order chi connectivity index (χ1) is 8.22. The number of nitrogens with zero attached hydrogens (tertiary/aromatic N) is 2. The summed E-state index contributed by atoms with van der Waals surface area (Å²) in [5, 5.41) is 6.27. The Balaban J connectivity index is 2.24. The molecule has 0 fully saturated rings. The minimum absolute atomic E-state index is 0.578. The van der Waals surface area contributed by atoms with Crippen LogP contribution in [0.1, 0.15) is 20.8 Å². The Hall–Kier alpha value is -1.36. The lowest BCUT2D eigenvalue weighted by molar-refractivity contribution is 0.118. The second-order valence-corrected chi connectivity index (χ2v) is 4.19. The molecule has 0 aromatic carbocycles. The summed E-state index contributed by atoms with van der Waals surface area (Å²) < 4.78 is 5.47. The zero-order valence-corrected chi connectivity index (χ0v) is 10.9. The van der Waals surface area contributed by atoms with E-state index < -0.39 is 0 Å². The second-order valence-electron chi connectivity index (χ2n) is 4.19. The fourth-order valence-corrected chi connectivity index (χ4v) is 1.27. The summed E-state index contributed by atoms with van der Waals surface area (Å²) >= 11 is 0. The van der Waals surface area contributed by atoms with Gasteiger partial charge in [-0.1, -0.05) is 13.8 Å². The molecule has 5 nitrogen and oxygen atoms in total. The molecule has 0 atom stereocenters. The van der Waals surface area contributed by atoms with E-state index in [9.17, 15) is 0 Å². The summed E-state index contributed by atoms with van der Waals surface area (Å²) in [4.78, 5) is 8.41. The summed E-state index contributed by atoms with van der Waals surface area (Å²) in [7, 11) is 0. The summed E-state index contributed by atoms with van der Waals surface area (Å²) in [6.07, 6.45) is 1.74. The minimum Gasteiger partial charge on any atom is -0.379 e. The fourth-order valence-electron chi connectivity index (χ4n) is 1.27. The third kappa shape index (κ3) is 6.06. The van der Waals surface area contributed by atoms with E-state index in [0.717, 1.165) is 25.5 Å². The highest BCUT2D eigenvalue weighted by Gasteiger charge is 1.97. The van der Waals surface area contributed by atoms with Gasteiger partial charge in [0.2, 0.25) is 5.95 Å². The predicted octanol–water partition coefficient (Wildman–Crippen LogP) is 1.99. The van der Waals surface area contributed by atoms with Gasteiger partial charge >= 0.3 is 0 Å². The second kappa shape index (κ2) is 7.84. The van der Waals surface area contributed by atoms with Gasteiger partial charge in [0.05, 0.1) is 6.61 Å². The van der Waals surface area contributed by atoms with E-state index in [-0.39, 0.29) is 0 Å². The smallest absolute Gasteiger partial charge is 0.224 e. The van der Waals surface area contributed by atoms with Crippen molar-refractivity contribution in [3.8, 4) is 0 Å². The van der Waals surface area contributed by atoms with Crippen molar-refractivity contribution in [1.29, 1.82) is 0 Å². The Morgan fingerprint density at radius 1 is 1.35 bits per heavy atom. The number of hydrogen-bond acceptors (Lipinski definition) is 5. The molecule has 2 N–H and O–H groups in total. The molecule has 1 heterocycles. The van der Waals surface area contributed by atoms with Crippen LogP contribution in [-0.4, -0.2) is 36.3 Å². The third-order valence-electron chi connectivity index (χ3n) is 1.99. The summed E-state index contributed by atoms with van der Waals surface area (Å²) in [6, 6.07) is 1.85. The van der Waals surface area contributed by atoms with E-state index in [0.29, 0.717) is 18.5 Å². The Morgan fingerprint density at radius 3 is 2.88 bits per heavy atom. The topological polar surface area (TPSA) is 59.1 Å². The Kier molecular flexibility index (Phi) is 6.32. The molecule has 0 aliphatic rings. The van der Waals surface area contributed by atoms with Crippen molar-refractivity contribution in [3.63, 3.8) is 0 Å². The largest absolute Gasteiger partial charge is 0.379 e. The van der Waals surface area contributed by atoms with Gasteiger partial charge in [0.1, 0.15) is 5.82 Å². The van der Waals surface area contributed by atoms with Crippen molar-refractivity contribution in [2.24, 2.45) is 5.92 Å². The van der Waals surface area contributed by atoms with Crippen LogP contribution < -0.4 is 10.6 Å². The van der Waals surface area contributed by atoms with Crippen LogP contribution in [0.2, 0.25) is 0 Å². The quantitative estimate of drug-likeness (QED) is 0.678. The van der Waals surface area contributed by atoms with Crippen LogP contribution in [0.3, 0.4) is 0 Å². The van der Waals surface area contributed by atoms with Crippen LogP contribution in [-0.2, 0) is 4.74 Å². The molecule has 0 bridgehead atoms. The maximum absolute atomic E-state index is 5.47. The number of hydrogen-bond donors (Lipinski definition) is 2. The molecule has 0 aliphatic heterocycles. The van der Waals surface area contributed by atoms with Crippen molar-refractivity contribution < 1.29 is 4.74 Å². The molecule has 5 heteroatoms. The first-order valence-corrected chi connectivity index (χ1v) is 6.11. The fraction of sp³-hybridized carbons (Fsp3) is 0.667. The summed E-state index contributed by atoms with van der Waals surface area (Å²) in [5.74, 6) is 2.05.